The average molecular weight is 225 g/mol. The number of rotatable bonds is 3. The van der Waals surface area contributed by atoms with Gasteiger partial charge in [0, 0.05) is 10.6 Å². The molecule has 78 valence electrons. The topological polar surface area (TPSA) is 80.3 Å². The minimum absolute atomic E-state index is 0.391. The largest absolute Gasteiger partial charge is 0.545 e. The second kappa shape index (κ2) is 4.61. The average Bonchev–Trinajstić information content (AvgIpc) is 2.15. The van der Waals surface area contributed by atoms with Crippen molar-refractivity contribution in [3.63, 3.8) is 0 Å². The van der Waals surface area contributed by atoms with Crippen molar-refractivity contribution in [1.29, 1.82) is 0 Å². The number of aliphatic carboxylic acids is 2. The Bertz CT molecular complexity index is 404. The third kappa shape index (κ3) is 3.11. The Balaban J connectivity index is 3.08. The highest BCUT2D eigenvalue weighted by molar-refractivity contribution is 6.30. The number of hydrogen-bond donors (Lipinski definition) is 0. The molecule has 5 heteroatoms. The van der Waals surface area contributed by atoms with Crippen LogP contribution in [0.4, 0.5) is 0 Å². The molecule has 0 unspecified atom stereocenters. The van der Waals surface area contributed by atoms with Gasteiger partial charge in [0.1, 0.15) is 0 Å². The van der Waals surface area contributed by atoms with Crippen molar-refractivity contribution in [2.75, 3.05) is 0 Å². The lowest BCUT2D eigenvalue weighted by molar-refractivity contribution is -0.311. The lowest BCUT2D eigenvalue weighted by atomic mass is 10.1. The molecule has 0 aliphatic heterocycles. The van der Waals surface area contributed by atoms with E-state index < -0.39 is 17.5 Å². The number of hydrogen-bond acceptors (Lipinski definition) is 4. The summed E-state index contributed by atoms with van der Waals surface area (Å²) in [5.74, 6) is -3.57. The first-order chi connectivity index (χ1) is 7.00. The summed E-state index contributed by atoms with van der Waals surface area (Å²) in [7, 11) is 0. The van der Waals surface area contributed by atoms with Crippen LogP contribution in [0, 0.1) is 0 Å². The van der Waals surface area contributed by atoms with Crippen molar-refractivity contribution in [2.45, 2.75) is 0 Å². The van der Waals surface area contributed by atoms with E-state index in [1.165, 1.54) is 24.3 Å². The highest BCUT2D eigenvalue weighted by Gasteiger charge is 1.99. The minimum atomic E-state index is -1.79. The number of carbonyl (C=O) groups excluding carboxylic acids is 2. The van der Waals surface area contributed by atoms with E-state index in [1.54, 1.807) is 0 Å². The van der Waals surface area contributed by atoms with Crippen molar-refractivity contribution < 1.29 is 19.8 Å². The van der Waals surface area contributed by atoms with Gasteiger partial charge in [-0.1, -0.05) is 23.7 Å². The maximum atomic E-state index is 10.4. The zero-order valence-electron chi connectivity index (χ0n) is 7.40. The lowest BCUT2D eigenvalue weighted by Gasteiger charge is -2.09. The maximum absolute atomic E-state index is 10.4. The van der Waals surface area contributed by atoms with E-state index in [-0.39, 0.29) is 0 Å². The standard InChI is InChI=1S/C10H7ClO4/c11-7-3-1-6(2-4-7)5-8(9(12)13)10(14)15/h1-5H,(H,12,13)(H,14,15)/p-2. The van der Waals surface area contributed by atoms with E-state index in [2.05, 4.69) is 0 Å². The van der Waals surface area contributed by atoms with Gasteiger partial charge in [0.2, 0.25) is 0 Å². The van der Waals surface area contributed by atoms with Gasteiger partial charge in [-0.3, -0.25) is 0 Å². The predicted molar refractivity (Wildman–Crippen MR) is 49.4 cm³/mol. The molecule has 0 aliphatic rings. The van der Waals surface area contributed by atoms with Crippen LogP contribution in [0.15, 0.2) is 29.8 Å². The number of benzene rings is 1. The number of carboxylic acids is 2. The molecule has 15 heavy (non-hydrogen) atoms. The zero-order valence-corrected chi connectivity index (χ0v) is 8.15. The van der Waals surface area contributed by atoms with E-state index in [9.17, 15) is 19.8 Å². The summed E-state index contributed by atoms with van der Waals surface area (Å²) in [5, 5.41) is 21.2. The van der Waals surface area contributed by atoms with Crippen LogP contribution in [0.2, 0.25) is 5.02 Å². The Hall–Kier alpha value is -1.81. The predicted octanol–water partition coefficient (Wildman–Crippen LogP) is -0.777. The van der Waals surface area contributed by atoms with Gasteiger partial charge in [0.25, 0.3) is 0 Å². The normalized spacial score (nSPS) is 9.40. The molecule has 1 aromatic rings. The Morgan fingerprint density at radius 1 is 1.07 bits per heavy atom. The first-order valence-corrected chi connectivity index (χ1v) is 4.28. The summed E-state index contributed by atoms with van der Waals surface area (Å²) in [6.07, 6.45) is 0.945. The molecular formula is C10H5ClO4-2. The van der Waals surface area contributed by atoms with Gasteiger partial charge in [-0.15, -0.1) is 0 Å². The van der Waals surface area contributed by atoms with E-state index in [0.717, 1.165) is 6.08 Å². The second-order valence-corrected chi connectivity index (χ2v) is 3.12. The van der Waals surface area contributed by atoms with Crippen molar-refractivity contribution in [2.24, 2.45) is 0 Å². The van der Waals surface area contributed by atoms with Gasteiger partial charge in [-0.2, -0.15) is 0 Å². The molecule has 0 amide bonds. The molecule has 1 rings (SSSR count). The molecule has 0 spiro atoms. The number of carboxylic acid groups (broad SMARTS) is 2. The van der Waals surface area contributed by atoms with Crippen LogP contribution in [0.5, 0.6) is 0 Å². The fourth-order valence-electron chi connectivity index (χ4n) is 0.927. The van der Waals surface area contributed by atoms with Crippen LogP contribution < -0.4 is 10.2 Å². The monoisotopic (exact) mass is 224 g/mol. The summed E-state index contributed by atoms with van der Waals surface area (Å²) in [5.41, 5.74) is -0.514. The third-order valence-corrected chi connectivity index (χ3v) is 1.87. The smallest absolute Gasteiger partial charge is 0.0733 e. The van der Waals surface area contributed by atoms with Gasteiger partial charge in [-0.05, 0) is 23.8 Å². The lowest BCUT2D eigenvalue weighted by Crippen LogP contribution is -2.36. The van der Waals surface area contributed by atoms with Crippen LogP contribution in [0.1, 0.15) is 5.56 Å². The molecule has 0 fully saturated rings. The van der Waals surface area contributed by atoms with Crippen LogP contribution >= 0.6 is 11.6 Å². The van der Waals surface area contributed by atoms with E-state index in [1.807, 2.05) is 0 Å². The van der Waals surface area contributed by atoms with Crippen LogP contribution in [-0.4, -0.2) is 11.9 Å². The zero-order chi connectivity index (χ0) is 11.4. The van der Waals surface area contributed by atoms with E-state index in [4.69, 9.17) is 11.6 Å². The van der Waals surface area contributed by atoms with Crippen LogP contribution in [-0.2, 0) is 9.59 Å². The Morgan fingerprint density at radius 2 is 1.53 bits per heavy atom. The fraction of sp³-hybridized carbons (Fsp3) is 0. The van der Waals surface area contributed by atoms with Crippen molar-refractivity contribution in [3.05, 3.63) is 40.4 Å². The second-order valence-electron chi connectivity index (χ2n) is 2.68. The van der Waals surface area contributed by atoms with E-state index in [0.29, 0.717) is 10.6 Å². The van der Waals surface area contributed by atoms with Crippen molar-refractivity contribution in [3.8, 4) is 0 Å². The summed E-state index contributed by atoms with van der Waals surface area (Å²) in [6.45, 7) is 0. The maximum Gasteiger partial charge on any atom is 0.0733 e. The van der Waals surface area contributed by atoms with Gasteiger partial charge < -0.3 is 19.8 Å². The van der Waals surface area contributed by atoms with Gasteiger partial charge in [-0.25, -0.2) is 0 Å². The Kier molecular flexibility index (Phi) is 3.46. The molecule has 0 saturated heterocycles. The highest BCUT2D eigenvalue weighted by Crippen LogP contribution is 2.12. The quantitative estimate of drug-likeness (QED) is 0.383. The third-order valence-electron chi connectivity index (χ3n) is 1.62. The summed E-state index contributed by atoms with van der Waals surface area (Å²) in [6, 6.07) is 5.98. The molecule has 0 aliphatic carbocycles. The SMILES string of the molecule is O=C([O-])C(=Cc1ccc(Cl)cc1)C(=O)[O-]. The summed E-state index contributed by atoms with van der Waals surface area (Å²) < 4.78 is 0. The Labute approximate surface area is 90.4 Å². The van der Waals surface area contributed by atoms with Crippen molar-refractivity contribution >= 4 is 29.6 Å². The molecule has 0 radical (unpaired) electrons. The van der Waals surface area contributed by atoms with Crippen molar-refractivity contribution in [1.82, 2.24) is 0 Å². The van der Waals surface area contributed by atoms with Gasteiger partial charge >= 0.3 is 0 Å². The highest BCUT2D eigenvalue weighted by atomic mass is 35.5. The molecule has 1 aromatic carbocycles. The molecule has 4 nitrogen and oxygen atoms in total. The molecule has 0 heterocycles. The first-order valence-electron chi connectivity index (χ1n) is 3.90. The van der Waals surface area contributed by atoms with Gasteiger partial charge in [0.15, 0.2) is 0 Å². The number of carbonyl (C=O) groups is 2. The molecule has 0 aromatic heterocycles. The molecule has 0 saturated carbocycles. The molecule has 0 bridgehead atoms. The summed E-state index contributed by atoms with van der Waals surface area (Å²) in [4.78, 5) is 20.8. The van der Waals surface area contributed by atoms with Crippen LogP contribution in [0.25, 0.3) is 6.08 Å². The number of halogens is 1. The van der Waals surface area contributed by atoms with Crippen LogP contribution in [0.3, 0.4) is 0 Å². The summed E-state index contributed by atoms with van der Waals surface area (Å²) >= 11 is 5.60. The van der Waals surface area contributed by atoms with Gasteiger partial charge in [0.05, 0.1) is 11.9 Å². The first kappa shape index (κ1) is 11.3. The molecular weight excluding hydrogens is 220 g/mol. The fourth-order valence-corrected chi connectivity index (χ4v) is 1.05. The molecule has 0 atom stereocenters. The van der Waals surface area contributed by atoms with E-state index >= 15 is 0 Å². The molecule has 0 N–H and O–H groups in total. The minimum Gasteiger partial charge on any atom is -0.545 e. The Morgan fingerprint density at radius 3 is 1.93 bits per heavy atom.